The number of hydrogen-bond acceptors (Lipinski definition) is 4. The van der Waals surface area contributed by atoms with Crippen LogP contribution in [0.1, 0.15) is 10.6 Å². The third-order valence-electron chi connectivity index (χ3n) is 3.52. The Bertz CT molecular complexity index is 903. The summed E-state index contributed by atoms with van der Waals surface area (Å²) in [6.07, 6.45) is 0. The van der Waals surface area contributed by atoms with Crippen LogP contribution in [0.4, 0.5) is 5.69 Å². The standard InChI is InChI=1S/C17H12BrNO4/c18-12-3-1-2-10-8-15(23-16(10)12)17(20)19-11-4-5-13-14(9-11)22-7-6-21-13/h1-5,8-9H,6-7H2,(H,19,20). The Balaban J connectivity index is 1.60. The van der Waals surface area contributed by atoms with Gasteiger partial charge in [-0.1, -0.05) is 12.1 Å². The molecule has 1 N–H and O–H groups in total. The van der Waals surface area contributed by atoms with Crippen molar-refractivity contribution in [2.75, 3.05) is 18.5 Å². The number of furan rings is 1. The summed E-state index contributed by atoms with van der Waals surface area (Å²) in [6, 6.07) is 12.7. The van der Waals surface area contributed by atoms with E-state index in [1.165, 1.54) is 0 Å². The molecule has 1 aliphatic heterocycles. The molecule has 1 amide bonds. The SMILES string of the molecule is O=C(Nc1ccc2c(c1)OCCO2)c1cc2cccc(Br)c2o1. The third-order valence-corrected chi connectivity index (χ3v) is 4.14. The van der Waals surface area contributed by atoms with Crippen molar-refractivity contribution < 1.29 is 18.7 Å². The average molecular weight is 374 g/mol. The predicted molar refractivity (Wildman–Crippen MR) is 89.3 cm³/mol. The van der Waals surface area contributed by atoms with Gasteiger partial charge in [-0.3, -0.25) is 4.79 Å². The van der Waals surface area contributed by atoms with Crippen LogP contribution in [-0.4, -0.2) is 19.1 Å². The maximum Gasteiger partial charge on any atom is 0.291 e. The Morgan fingerprint density at radius 3 is 2.70 bits per heavy atom. The molecule has 0 radical (unpaired) electrons. The van der Waals surface area contributed by atoms with Gasteiger partial charge in [-0.2, -0.15) is 0 Å². The van der Waals surface area contributed by atoms with Crippen LogP contribution in [0.15, 0.2) is 51.4 Å². The molecule has 0 unspecified atom stereocenters. The van der Waals surface area contributed by atoms with E-state index in [1.54, 1.807) is 24.3 Å². The highest BCUT2D eigenvalue weighted by Crippen LogP contribution is 2.33. The van der Waals surface area contributed by atoms with Crippen molar-refractivity contribution in [2.45, 2.75) is 0 Å². The van der Waals surface area contributed by atoms with E-state index in [9.17, 15) is 4.79 Å². The maximum atomic E-state index is 12.4. The number of fused-ring (bicyclic) bond motifs is 2. The lowest BCUT2D eigenvalue weighted by molar-refractivity contribution is 0.0998. The first-order chi connectivity index (χ1) is 11.2. The molecule has 0 aliphatic carbocycles. The van der Waals surface area contributed by atoms with Gasteiger partial charge in [0.1, 0.15) is 18.8 Å². The van der Waals surface area contributed by atoms with Gasteiger partial charge in [-0.05, 0) is 40.2 Å². The quantitative estimate of drug-likeness (QED) is 0.730. The van der Waals surface area contributed by atoms with Gasteiger partial charge in [-0.25, -0.2) is 0 Å². The van der Waals surface area contributed by atoms with E-state index >= 15 is 0 Å². The molecule has 0 saturated carbocycles. The fraction of sp³-hybridized carbons (Fsp3) is 0.118. The first kappa shape index (κ1) is 14.1. The summed E-state index contributed by atoms with van der Waals surface area (Å²) in [6.45, 7) is 1.04. The van der Waals surface area contributed by atoms with Crippen LogP contribution >= 0.6 is 15.9 Å². The van der Waals surface area contributed by atoms with Crippen LogP contribution in [0.25, 0.3) is 11.0 Å². The van der Waals surface area contributed by atoms with E-state index < -0.39 is 0 Å². The van der Waals surface area contributed by atoms with E-state index in [0.29, 0.717) is 36.0 Å². The Morgan fingerprint density at radius 1 is 1.04 bits per heavy atom. The Morgan fingerprint density at radius 2 is 1.87 bits per heavy atom. The molecule has 0 saturated heterocycles. The largest absolute Gasteiger partial charge is 0.486 e. The molecule has 0 fully saturated rings. The minimum Gasteiger partial charge on any atom is -0.486 e. The number of nitrogens with one attached hydrogen (secondary N) is 1. The molecule has 6 heteroatoms. The number of benzene rings is 2. The van der Waals surface area contributed by atoms with Gasteiger partial charge >= 0.3 is 0 Å². The van der Waals surface area contributed by atoms with Crippen LogP contribution in [0.3, 0.4) is 0 Å². The van der Waals surface area contributed by atoms with Crippen LogP contribution < -0.4 is 14.8 Å². The molecule has 3 aromatic rings. The summed E-state index contributed by atoms with van der Waals surface area (Å²) in [4.78, 5) is 12.4. The molecule has 116 valence electrons. The number of hydrogen-bond donors (Lipinski definition) is 1. The van der Waals surface area contributed by atoms with E-state index in [0.717, 1.165) is 9.86 Å². The van der Waals surface area contributed by atoms with E-state index in [1.807, 2.05) is 18.2 Å². The first-order valence-electron chi connectivity index (χ1n) is 7.10. The van der Waals surface area contributed by atoms with Crippen LogP contribution in [-0.2, 0) is 0 Å². The minimum atomic E-state index is -0.315. The smallest absolute Gasteiger partial charge is 0.291 e. The monoisotopic (exact) mass is 373 g/mol. The first-order valence-corrected chi connectivity index (χ1v) is 7.89. The van der Waals surface area contributed by atoms with Gasteiger partial charge in [0, 0.05) is 17.1 Å². The van der Waals surface area contributed by atoms with Gasteiger partial charge in [-0.15, -0.1) is 0 Å². The average Bonchev–Trinajstić information content (AvgIpc) is 3.01. The zero-order valence-electron chi connectivity index (χ0n) is 12.0. The molecule has 1 aliphatic rings. The number of carbonyl (C=O) groups is 1. The van der Waals surface area contributed by atoms with Crippen molar-refractivity contribution in [3.05, 3.63) is 52.7 Å². The molecule has 5 nitrogen and oxygen atoms in total. The van der Waals surface area contributed by atoms with Crippen molar-refractivity contribution >= 4 is 38.5 Å². The molecule has 1 aromatic heterocycles. The van der Waals surface area contributed by atoms with Gasteiger partial charge in [0.05, 0.1) is 4.47 Å². The van der Waals surface area contributed by atoms with Crippen LogP contribution in [0.2, 0.25) is 0 Å². The van der Waals surface area contributed by atoms with E-state index in [-0.39, 0.29) is 11.7 Å². The zero-order chi connectivity index (χ0) is 15.8. The summed E-state index contributed by atoms with van der Waals surface area (Å²) >= 11 is 3.41. The maximum absolute atomic E-state index is 12.4. The Kier molecular flexibility index (Phi) is 3.46. The fourth-order valence-corrected chi connectivity index (χ4v) is 2.92. The van der Waals surface area contributed by atoms with Crippen molar-refractivity contribution in [2.24, 2.45) is 0 Å². The van der Waals surface area contributed by atoms with Crippen LogP contribution in [0, 0.1) is 0 Å². The highest BCUT2D eigenvalue weighted by molar-refractivity contribution is 9.10. The van der Waals surface area contributed by atoms with Gasteiger partial charge < -0.3 is 19.2 Å². The number of anilines is 1. The number of carbonyl (C=O) groups excluding carboxylic acids is 1. The zero-order valence-corrected chi connectivity index (χ0v) is 13.6. The van der Waals surface area contributed by atoms with Crippen molar-refractivity contribution in [1.82, 2.24) is 0 Å². The lowest BCUT2D eigenvalue weighted by atomic mass is 10.2. The summed E-state index contributed by atoms with van der Waals surface area (Å²) in [5.41, 5.74) is 1.28. The lowest BCUT2D eigenvalue weighted by Crippen LogP contribution is -2.16. The summed E-state index contributed by atoms with van der Waals surface area (Å²) in [5.74, 6) is 1.25. The van der Waals surface area contributed by atoms with E-state index in [4.69, 9.17) is 13.9 Å². The number of halogens is 1. The molecule has 23 heavy (non-hydrogen) atoms. The molecule has 4 rings (SSSR count). The third kappa shape index (κ3) is 2.66. The van der Waals surface area contributed by atoms with Gasteiger partial charge in [0.15, 0.2) is 17.3 Å². The predicted octanol–water partition coefficient (Wildman–Crippen LogP) is 4.22. The molecule has 0 bridgehead atoms. The number of para-hydroxylation sites is 1. The topological polar surface area (TPSA) is 60.7 Å². The summed E-state index contributed by atoms with van der Waals surface area (Å²) in [7, 11) is 0. The van der Waals surface area contributed by atoms with Gasteiger partial charge in [0.25, 0.3) is 5.91 Å². The molecule has 2 heterocycles. The molecular formula is C17H12BrNO4. The number of amides is 1. The van der Waals surface area contributed by atoms with Crippen molar-refractivity contribution in [1.29, 1.82) is 0 Å². The van der Waals surface area contributed by atoms with Crippen molar-refractivity contribution in [3.63, 3.8) is 0 Å². The number of rotatable bonds is 2. The van der Waals surface area contributed by atoms with Gasteiger partial charge in [0.2, 0.25) is 0 Å². The highest BCUT2D eigenvalue weighted by Gasteiger charge is 2.16. The highest BCUT2D eigenvalue weighted by atomic mass is 79.9. The molecule has 0 spiro atoms. The molecule has 0 atom stereocenters. The summed E-state index contributed by atoms with van der Waals surface area (Å²) < 4.78 is 17.4. The Hall–Kier alpha value is -2.47. The minimum absolute atomic E-state index is 0.252. The van der Waals surface area contributed by atoms with Crippen LogP contribution in [0.5, 0.6) is 11.5 Å². The second-order valence-electron chi connectivity index (χ2n) is 5.08. The second kappa shape index (κ2) is 5.62. The fourth-order valence-electron chi connectivity index (χ4n) is 2.45. The second-order valence-corrected chi connectivity index (χ2v) is 5.94. The Labute approximate surface area is 140 Å². The lowest BCUT2D eigenvalue weighted by Gasteiger charge is -2.18. The molecular weight excluding hydrogens is 362 g/mol. The van der Waals surface area contributed by atoms with E-state index in [2.05, 4.69) is 21.2 Å². The normalized spacial score (nSPS) is 13.1. The van der Waals surface area contributed by atoms with Crippen molar-refractivity contribution in [3.8, 4) is 11.5 Å². The number of ether oxygens (including phenoxy) is 2. The molecule has 2 aromatic carbocycles. The summed E-state index contributed by atoms with van der Waals surface area (Å²) in [5, 5.41) is 3.67.